The monoisotopic (exact) mass is 418 g/mol. The number of fused-ring (bicyclic) bond motifs is 1. The summed E-state index contributed by atoms with van der Waals surface area (Å²) in [6.45, 7) is 5.96. The Morgan fingerprint density at radius 1 is 1.06 bits per heavy atom. The average molecular weight is 418 g/mol. The number of nitrogens with zero attached hydrogens (tertiary/aromatic N) is 3. The van der Waals surface area contributed by atoms with Gasteiger partial charge in [-0.2, -0.15) is 4.80 Å². The summed E-state index contributed by atoms with van der Waals surface area (Å²) in [5.74, 6) is 0.199. The van der Waals surface area contributed by atoms with Gasteiger partial charge in [0.15, 0.2) is 0 Å². The fourth-order valence-corrected chi connectivity index (χ4v) is 3.09. The smallest absolute Gasteiger partial charge is 0.255 e. The Morgan fingerprint density at radius 3 is 2.35 bits per heavy atom. The second-order valence-electron chi connectivity index (χ2n) is 7.44. The van der Waals surface area contributed by atoms with Crippen LogP contribution in [0.2, 0.25) is 0 Å². The van der Waals surface area contributed by atoms with Gasteiger partial charge in [0.1, 0.15) is 22.6 Å². The molecule has 1 atom stereocenters. The van der Waals surface area contributed by atoms with Crippen molar-refractivity contribution in [2.45, 2.75) is 33.3 Å². The van der Waals surface area contributed by atoms with Crippen molar-refractivity contribution in [2.75, 3.05) is 5.32 Å². The average Bonchev–Trinajstić information content (AvgIpc) is 3.17. The second-order valence-corrected chi connectivity index (χ2v) is 7.44. The molecule has 0 bridgehead atoms. The highest BCUT2D eigenvalue weighted by molar-refractivity contribution is 6.05. The Morgan fingerprint density at radius 2 is 1.71 bits per heavy atom. The van der Waals surface area contributed by atoms with Gasteiger partial charge in [-0.05, 0) is 86.5 Å². The summed E-state index contributed by atoms with van der Waals surface area (Å²) in [6.07, 6.45) is 1.04. The lowest BCUT2D eigenvalue weighted by Gasteiger charge is -2.13. The Bertz CT molecular complexity index is 1220. The normalized spacial score (nSPS) is 12.0. The lowest BCUT2D eigenvalue weighted by atomic mass is 10.1. The Kier molecular flexibility index (Phi) is 5.66. The zero-order valence-corrected chi connectivity index (χ0v) is 17.6. The lowest BCUT2D eigenvalue weighted by molar-refractivity contribution is 0.102. The molecule has 4 rings (SSSR count). The molecule has 1 N–H and O–H groups in total. The van der Waals surface area contributed by atoms with Gasteiger partial charge in [-0.1, -0.05) is 6.92 Å². The van der Waals surface area contributed by atoms with E-state index in [0.717, 1.165) is 17.7 Å². The van der Waals surface area contributed by atoms with Crippen LogP contribution in [0.4, 0.5) is 10.1 Å². The molecule has 4 aromatic rings. The quantitative estimate of drug-likeness (QED) is 0.461. The molecule has 0 aliphatic heterocycles. The number of aryl methyl sites for hydroxylation is 1. The summed E-state index contributed by atoms with van der Waals surface area (Å²) in [7, 11) is 0. The summed E-state index contributed by atoms with van der Waals surface area (Å²) in [5.41, 5.74) is 4.02. The zero-order chi connectivity index (χ0) is 22.0. The van der Waals surface area contributed by atoms with Gasteiger partial charge in [0, 0.05) is 11.3 Å². The SMILES string of the molecule is CC[C@H](C)Oc1ccc(C(=O)Nc2cc3nn(-c4ccc(F)cc4)nc3cc2C)cc1. The van der Waals surface area contributed by atoms with Gasteiger partial charge in [0.25, 0.3) is 5.91 Å². The maximum atomic E-state index is 13.2. The van der Waals surface area contributed by atoms with Gasteiger partial charge in [-0.3, -0.25) is 4.79 Å². The summed E-state index contributed by atoms with van der Waals surface area (Å²) in [6, 6.07) is 16.7. The van der Waals surface area contributed by atoms with E-state index in [1.54, 1.807) is 42.5 Å². The molecule has 1 heterocycles. The molecule has 0 radical (unpaired) electrons. The van der Waals surface area contributed by atoms with Gasteiger partial charge >= 0.3 is 0 Å². The largest absolute Gasteiger partial charge is 0.491 e. The Hall–Kier alpha value is -3.74. The standard InChI is InChI=1S/C24H23FN4O2/c1-4-16(3)31-20-11-5-17(6-12-20)24(30)26-21-14-23-22(13-15(21)2)27-29(28-23)19-9-7-18(25)8-10-19/h5-14,16H,4H2,1-3H3,(H,26,30)/t16-/m0/s1. The second kappa shape index (κ2) is 8.55. The molecule has 1 aromatic heterocycles. The van der Waals surface area contributed by atoms with Crippen LogP contribution in [0, 0.1) is 12.7 Å². The number of hydrogen-bond donors (Lipinski definition) is 1. The number of benzene rings is 3. The third-order valence-electron chi connectivity index (χ3n) is 5.06. The number of anilines is 1. The van der Waals surface area contributed by atoms with Gasteiger partial charge in [0.05, 0.1) is 11.8 Å². The van der Waals surface area contributed by atoms with Crippen LogP contribution < -0.4 is 10.1 Å². The number of carbonyl (C=O) groups is 1. The number of nitrogens with one attached hydrogen (secondary N) is 1. The van der Waals surface area contributed by atoms with Gasteiger partial charge in [0.2, 0.25) is 0 Å². The van der Waals surface area contributed by atoms with Crippen LogP contribution in [-0.4, -0.2) is 27.0 Å². The first-order valence-corrected chi connectivity index (χ1v) is 10.1. The lowest BCUT2D eigenvalue weighted by Crippen LogP contribution is -2.13. The van der Waals surface area contributed by atoms with Crippen molar-refractivity contribution in [2.24, 2.45) is 0 Å². The summed E-state index contributed by atoms with van der Waals surface area (Å²) >= 11 is 0. The van der Waals surface area contributed by atoms with E-state index in [9.17, 15) is 9.18 Å². The summed E-state index contributed by atoms with van der Waals surface area (Å²) < 4.78 is 18.9. The molecule has 0 saturated heterocycles. The number of carbonyl (C=O) groups excluding carboxylic acids is 1. The van der Waals surface area contributed by atoms with Crippen LogP contribution in [0.15, 0.2) is 60.7 Å². The molecule has 7 heteroatoms. The maximum Gasteiger partial charge on any atom is 0.255 e. The third kappa shape index (κ3) is 4.55. The molecule has 1 amide bonds. The van der Waals surface area contributed by atoms with Crippen LogP contribution in [0.3, 0.4) is 0 Å². The van der Waals surface area contributed by atoms with Crippen molar-refractivity contribution in [1.82, 2.24) is 15.0 Å². The highest BCUT2D eigenvalue weighted by Crippen LogP contribution is 2.23. The van der Waals surface area contributed by atoms with Crippen LogP contribution in [0.5, 0.6) is 5.75 Å². The van der Waals surface area contributed by atoms with Crippen LogP contribution in [0.1, 0.15) is 36.2 Å². The highest BCUT2D eigenvalue weighted by atomic mass is 19.1. The molecule has 0 unspecified atom stereocenters. The van der Waals surface area contributed by atoms with Crippen molar-refractivity contribution in [3.63, 3.8) is 0 Å². The third-order valence-corrected chi connectivity index (χ3v) is 5.06. The molecular weight excluding hydrogens is 395 g/mol. The zero-order valence-electron chi connectivity index (χ0n) is 17.6. The Labute approximate surface area is 179 Å². The summed E-state index contributed by atoms with van der Waals surface area (Å²) in [4.78, 5) is 14.2. The first-order valence-electron chi connectivity index (χ1n) is 10.1. The topological polar surface area (TPSA) is 69.0 Å². The van der Waals surface area contributed by atoms with Crippen molar-refractivity contribution in [3.8, 4) is 11.4 Å². The van der Waals surface area contributed by atoms with E-state index in [1.807, 2.05) is 19.9 Å². The van der Waals surface area contributed by atoms with Crippen molar-refractivity contribution in [3.05, 3.63) is 77.6 Å². The molecule has 0 fully saturated rings. The number of aromatic nitrogens is 3. The van der Waals surface area contributed by atoms with E-state index >= 15 is 0 Å². The van der Waals surface area contributed by atoms with E-state index in [4.69, 9.17) is 4.74 Å². The van der Waals surface area contributed by atoms with E-state index in [-0.39, 0.29) is 17.8 Å². The van der Waals surface area contributed by atoms with Gasteiger partial charge in [-0.15, -0.1) is 10.2 Å². The number of halogens is 1. The minimum atomic E-state index is -0.319. The van der Waals surface area contributed by atoms with Gasteiger partial charge < -0.3 is 10.1 Å². The molecule has 31 heavy (non-hydrogen) atoms. The first kappa shape index (κ1) is 20.5. The van der Waals surface area contributed by atoms with Crippen molar-refractivity contribution in [1.29, 1.82) is 0 Å². The summed E-state index contributed by atoms with van der Waals surface area (Å²) in [5, 5.41) is 11.8. The molecule has 6 nitrogen and oxygen atoms in total. The van der Waals surface area contributed by atoms with E-state index in [2.05, 4.69) is 22.4 Å². The number of hydrogen-bond acceptors (Lipinski definition) is 4. The van der Waals surface area contributed by atoms with E-state index in [0.29, 0.717) is 28.0 Å². The van der Waals surface area contributed by atoms with Crippen molar-refractivity contribution < 1.29 is 13.9 Å². The predicted molar refractivity (Wildman–Crippen MR) is 118 cm³/mol. The molecule has 0 aliphatic carbocycles. The molecule has 3 aromatic carbocycles. The molecule has 0 saturated carbocycles. The molecule has 158 valence electrons. The highest BCUT2D eigenvalue weighted by Gasteiger charge is 2.12. The molecule has 0 aliphatic rings. The maximum absolute atomic E-state index is 13.2. The minimum absolute atomic E-state index is 0.123. The van der Waals surface area contributed by atoms with Gasteiger partial charge in [-0.25, -0.2) is 4.39 Å². The fraction of sp³-hybridized carbons (Fsp3) is 0.208. The Balaban J connectivity index is 1.54. The fourth-order valence-electron chi connectivity index (χ4n) is 3.09. The van der Waals surface area contributed by atoms with Crippen LogP contribution >= 0.6 is 0 Å². The number of ether oxygens (including phenoxy) is 1. The predicted octanol–water partition coefficient (Wildman–Crippen LogP) is 5.30. The van der Waals surface area contributed by atoms with Crippen LogP contribution in [-0.2, 0) is 0 Å². The molecular formula is C24H23FN4O2. The van der Waals surface area contributed by atoms with Crippen molar-refractivity contribution >= 4 is 22.6 Å². The first-order chi connectivity index (χ1) is 14.9. The van der Waals surface area contributed by atoms with Crippen LogP contribution in [0.25, 0.3) is 16.7 Å². The molecule has 0 spiro atoms. The van der Waals surface area contributed by atoms with E-state index < -0.39 is 0 Å². The van der Waals surface area contributed by atoms with E-state index in [1.165, 1.54) is 16.9 Å². The number of amides is 1. The minimum Gasteiger partial charge on any atom is -0.491 e. The number of rotatable bonds is 6.